The van der Waals surface area contributed by atoms with Gasteiger partial charge in [-0.15, -0.1) is 0 Å². The Kier molecular flexibility index (Phi) is 19.1. The highest BCUT2D eigenvalue weighted by Gasteiger charge is 2.23. The number of nitrogens with one attached hydrogen (secondary N) is 3. The van der Waals surface area contributed by atoms with Gasteiger partial charge in [0, 0.05) is 68.4 Å². The number of aliphatic hydroxyl groups excluding tert-OH is 3. The van der Waals surface area contributed by atoms with E-state index in [1.807, 2.05) is 93.6 Å². The first-order chi connectivity index (χ1) is 27.6. The molecule has 0 aromatic heterocycles. The third kappa shape index (κ3) is 18.0. The van der Waals surface area contributed by atoms with Crippen LogP contribution in [0.4, 0.5) is 0 Å². The van der Waals surface area contributed by atoms with Crippen molar-refractivity contribution in [3.05, 3.63) is 89.5 Å². The van der Waals surface area contributed by atoms with Crippen LogP contribution in [0, 0.1) is 17.8 Å². The molecule has 12 heteroatoms. The van der Waals surface area contributed by atoms with Crippen LogP contribution in [0.25, 0.3) is 0 Å². The van der Waals surface area contributed by atoms with E-state index in [1.54, 1.807) is 0 Å². The maximum Gasteiger partial charge on any atom is 0.219 e. The second-order valence-electron chi connectivity index (χ2n) is 14.9. The van der Waals surface area contributed by atoms with Crippen LogP contribution in [0.3, 0.4) is 0 Å². The topological polar surface area (TPSA) is 176 Å². The lowest BCUT2D eigenvalue weighted by molar-refractivity contribution is -0.121. The van der Waals surface area contributed by atoms with Gasteiger partial charge in [-0.2, -0.15) is 0 Å². The van der Waals surface area contributed by atoms with E-state index in [2.05, 4.69) is 16.0 Å². The molecule has 3 aromatic rings. The van der Waals surface area contributed by atoms with E-state index in [1.165, 1.54) is 38.5 Å². The largest absolute Gasteiger partial charge is 0.490 e. The quantitative estimate of drug-likeness (QED) is 0.158. The molecule has 0 radical (unpaired) electrons. The van der Waals surface area contributed by atoms with E-state index in [-0.39, 0.29) is 17.7 Å². The summed E-state index contributed by atoms with van der Waals surface area (Å²) < 4.78 is 15.3. The molecular formula is C45H63N3O9. The fraction of sp³-hybridized carbons (Fsp3) is 0.533. The van der Waals surface area contributed by atoms with Crippen LogP contribution in [-0.4, -0.2) is 71.9 Å². The number of carbonyl (C=O) groups is 3. The molecule has 3 atom stereocenters. The second kappa shape index (κ2) is 24.2. The Morgan fingerprint density at radius 1 is 0.544 bits per heavy atom. The van der Waals surface area contributed by atoms with Crippen molar-refractivity contribution in [2.45, 2.75) is 110 Å². The maximum atomic E-state index is 10.6. The van der Waals surface area contributed by atoms with Crippen LogP contribution in [0.15, 0.2) is 72.8 Å². The van der Waals surface area contributed by atoms with E-state index in [9.17, 15) is 19.5 Å². The van der Waals surface area contributed by atoms with Crippen molar-refractivity contribution in [3.8, 4) is 17.2 Å². The summed E-state index contributed by atoms with van der Waals surface area (Å²) >= 11 is 0. The van der Waals surface area contributed by atoms with Crippen LogP contribution < -0.4 is 30.2 Å². The molecule has 3 aliphatic heterocycles. The van der Waals surface area contributed by atoms with Crippen LogP contribution in [-0.2, 0) is 27.2 Å². The van der Waals surface area contributed by atoms with Gasteiger partial charge in [0.15, 0.2) is 0 Å². The van der Waals surface area contributed by atoms with Gasteiger partial charge in [-0.25, -0.2) is 0 Å². The summed E-state index contributed by atoms with van der Waals surface area (Å²) in [5.41, 5.74) is 3.09. The first-order valence-corrected chi connectivity index (χ1v) is 20.6. The predicted molar refractivity (Wildman–Crippen MR) is 219 cm³/mol. The van der Waals surface area contributed by atoms with Crippen molar-refractivity contribution in [2.75, 3.05) is 26.2 Å². The Bertz CT molecular complexity index is 1500. The number of rotatable bonds is 9. The molecule has 312 valence electrons. The SMILES string of the molecule is CCC(=O)NCC1CC1.CCC(=O)NCC1CC1.CCC(=O)NCC1CC1.O[C@@H]1Cc2ccccc2O1.O[C@H]1COc2ccccc21.O[C@H]1Cc2ccccc2O1. The zero-order valence-corrected chi connectivity index (χ0v) is 33.8. The minimum Gasteiger partial charge on any atom is -0.490 e. The van der Waals surface area contributed by atoms with E-state index in [0.29, 0.717) is 38.7 Å². The van der Waals surface area contributed by atoms with Crippen molar-refractivity contribution >= 4 is 17.7 Å². The molecule has 0 spiro atoms. The molecule has 0 saturated heterocycles. The molecule has 3 amide bonds. The van der Waals surface area contributed by atoms with Gasteiger partial charge in [0.1, 0.15) is 30.0 Å². The Morgan fingerprint density at radius 2 is 0.895 bits per heavy atom. The van der Waals surface area contributed by atoms with Crippen LogP contribution >= 0.6 is 0 Å². The summed E-state index contributed by atoms with van der Waals surface area (Å²) in [4.78, 5) is 31.9. The van der Waals surface area contributed by atoms with E-state index >= 15 is 0 Å². The Labute approximate surface area is 337 Å². The smallest absolute Gasteiger partial charge is 0.219 e. The van der Waals surface area contributed by atoms with E-state index < -0.39 is 18.7 Å². The zero-order valence-electron chi connectivity index (χ0n) is 33.8. The maximum absolute atomic E-state index is 10.6. The van der Waals surface area contributed by atoms with Crippen molar-refractivity contribution in [1.29, 1.82) is 0 Å². The molecule has 3 fully saturated rings. The molecule has 6 N–H and O–H groups in total. The molecule has 3 aromatic carbocycles. The molecule has 9 rings (SSSR count). The number of aliphatic hydroxyl groups is 3. The van der Waals surface area contributed by atoms with Crippen molar-refractivity contribution in [1.82, 2.24) is 16.0 Å². The highest BCUT2D eigenvalue weighted by molar-refractivity contribution is 5.76. The normalized spacial score (nSPS) is 19.8. The van der Waals surface area contributed by atoms with E-state index in [0.717, 1.165) is 71.3 Å². The molecule has 3 aliphatic carbocycles. The number of carbonyl (C=O) groups excluding carboxylic acids is 3. The van der Waals surface area contributed by atoms with Crippen LogP contribution in [0.1, 0.15) is 101 Å². The monoisotopic (exact) mass is 789 g/mol. The Morgan fingerprint density at radius 3 is 1.23 bits per heavy atom. The minimum atomic E-state index is -0.627. The van der Waals surface area contributed by atoms with Gasteiger partial charge in [-0.1, -0.05) is 75.4 Å². The van der Waals surface area contributed by atoms with E-state index in [4.69, 9.17) is 24.4 Å². The summed E-state index contributed by atoms with van der Waals surface area (Å²) in [6.45, 7) is 8.76. The lowest BCUT2D eigenvalue weighted by atomic mass is 10.1. The molecular weight excluding hydrogens is 727 g/mol. The first-order valence-electron chi connectivity index (χ1n) is 20.6. The lowest BCUT2D eigenvalue weighted by Crippen LogP contribution is -2.24. The average Bonchev–Trinajstić information content (AvgIpc) is 4.17. The highest BCUT2D eigenvalue weighted by Crippen LogP contribution is 2.32. The van der Waals surface area contributed by atoms with Gasteiger partial charge in [-0.3, -0.25) is 14.4 Å². The number of hydrogen-bond donors (Lipinski definition) is 6. The Hall–Kier alpha value is -4.65. The fourth-order valence-electron chi connectivity index (χ4n) is 5.59. The summed E-state index contributed by atoms with van der Waals surface area (Å²) in [6, 6.07) is 22.9. The summed E-state index contributed by atoms with van der Waals surface area (Å²) in [5.74, 6) is 5.41. The van der Waals surface area contributed by atoms with Crippen molar-refractivity contribution in [3.63, 3.8) is 0 Å². The van der Waals surface area contributed by atoms with Gasteiger partial charge >= 0.3 is 0 Å². The standard InChI is InChI=1S/3C8H8O2.3C7H13NO/c9-7-5-10-8-4-2-1-3-6(7)8;2*9-8-5-6-3-1-2-4-7(6)10-8;3*1-2-7(9)8-5-6-3-4-6/h1-4,7,9H,5H2;2*1-4,8-9H,5H2;3*6H,2-5H2,1H3,(H,8,9)/t7-;2*8-;;;/m010.../s1. The summed E-state index contributed by atoms with van der Waals surface area (Å²) in [5, 5.41) is 35.9. The highest BCUT2D eigenvalue weighted by atomic mass is 16.6. The molecule has 0 unspecified atom stereocenters. The number of para-hydroxylation sites is 3. The molecule has 3 saturated carbocycles. The molecule has 57 heavy (non-hydrogen) atoms. The third-order valence-electron chi connectivity index (χ3n) is 9.75. The van der Waals surface area contributed by atoms with Gasteiger partial charge < -0.3 is 45.5 Å². The Balaban J connectivity index is 0.000000152. The van der Waals surface area contributed by atoms with Gasteiger partial charge in [0.25, 0.3) is 0 Å². The number of fused-ring (bicyclic) bond motifs is 3. The number of ether oxygens (including phenoxy) is 3. The van der Waals surface area contributed by atoms with Crippen molar-refractivity contribution in [2.24, 2.45) is 17.8 Å². The van der Waals surface area contributed by atoms with Crippen molar-refractivity contribution < 1.29 is 43.9 Å². The second-order valence-corrected chi connectivity index (χ2v) is 14.9. The van der Waals surface area contributed by atoms with Crippen LogP contribution in [0.5, 0.6) is 17.2 Å². The fourth-order valence-corrected chi connectivity index (χ4v) is 5.59. The lowest BCUT2D eigenvalue weighted by Gasteiger charge is -1.99. The number of amides is 3. The summed E-state index contributed by atoms with van der Waals surface area (Å²) in [6.07, 6.45) is 9.28. The third-order valence-corrected chi connectivity index (χ3v) is 9.75. The number of benzene rings is 3. The van der Waals surface area contributed by atoms with Crippen LogP contribution in [0.2, 0.25) is 0 Å². The average molecular weight is 790 g/mol. The predicted octanol–water partition coefficient (Wildman–Crippen LogP) is 5.76. The first kappa shape index (κ1) is 45.1. The minimum absolute atomic E-state index is 0.182. The number of hydrogen-bond acceptors (Lipinski definition) is 9. The molecule has 6 aliphatic rings. The molecule has 3 heterocycles. The van der Waals surface area contributed by atoms with Gasteiger partial charge in [-0.05, 0) is 74.5 Å². The van der Waals surface area contributed by atoms with Gasteiger partial charge in [0.2, 0.25) is 30.3 Å². The molecule has 0 bridgehead atoms. The zero-order chi connectivity index (χ0) is 41.0. The molecule has 12 nitrogen and oxygen atoms in total. The van der Waals surface area contributed by atoms with Gasteiger partial charge in [0.05, 0.1) is 0 Å². The summed E-state index contributed by atoms with van der Waals surface area (Å²) in [7, 11) is 0.